The van der Waals surface area contributed by atoms with Crippen LogP contribution < -0.4 is 0 Å². The van der Waals surface area contributed by atoms with E-state index in [2.05, 4.69) is 15.1 Å². The average molecular weight is 400 g/mol. The van der Waals surface area contributed by atoms with Gasteiger partial charge in [0.1, 0.15) is 18.5 Å². The average Bonchev–Trinajstić information content (AvgIpc) is 3.19. The number of rotatable bonds is 3. The van der Waals surface area contributed by atoms with Gasteiger partial charge in [-0.05, 0) is 30.7 Å². The molecule has 0 fully saturated rings. The lowest BCUT2D eigenvalue weighted by atomic mass is 10.1. The van der Waals surface area contributed by atoms with Gasteiger partial charge in [0.05, 0.1) is 12.1 Å². The van der Waals surface area contributed by atoms with Crippen LogP contribution in [0.2, 0.25) is 0 Å². The monoisotopic (exact) mass is 399 g/mol. The first-order chi connectivity index (χ1) is 12.4. The number of hydrogen-bond donors (Lipinski definition) is 0. The molecule has 0 unspecified atom stereocenters. The van der Waals surface area contributed by atoms with Crippen molar-refractivity contribution in [1.29, 1.82) is 0 Å². The minimum Gasteiger partial charge on any atom is -0.337 e. The molecule has 0 spiro atoms. The lowest BCUT2D eigenvalue weighted by Crippen LogP contribution is -2.13. The van der Waals surface area contributed by atoms with Crippen molar-refractivity contribution >= 4 is 34.2 Å². The fourth-order valence-corrected chi connectivity index (χ4v) is 3.16. The second-order valence-electron chi connectivity index (χ2n) is 5.98. The largest absolute Gasteiger partial charge is 0.435 e. The summed E-state index contributed by atoms with van der Waals surface area (Å²) in [7, 11) is 0. The van der Waals surface area contributed by atoms with Gasteiger partial charge in [-0.15, -0.1) is 12.4 Å². The quantitative estimate of drug-likeness (QED) is 0.481. The Bertz CT molecular complexity index is 1100. The fraction of sp³-hybridized carbons (Fsp3) is 0.235. The summed E-state index contributed by atoms with van der Waals surface area (Å²) in [6.07, 6.45) is -0.674. The van der Waals surface area contributed by atoms with Crippen molar-refractivity contribution in [2.75, 3.05) is 0 Å². The maximum absolute atomic E-state index is 14.1. The van der Waals surface area contributed by atoms with Gasteiger partial charge >= 0.3 is 6.18 Å². The summed E-state index contributed by atoms with van der Waals surface area (Å²) >= 11 is 0. The first-order valence-electron chi connectivity index (χ1n) is 7.83. The van der Waals surface area contributed by atoms with E-state index >= 15 is 0 Å². The molecule has 0 atom stereocenters. The van der Waals surface area contributed by atoms with E-state index in [-0.39, 0.29) is 24.5 Å². The molecule has 0 amide bonds. The van der Waals surface area contributed by atoms with Gasteiger partial charge in [-0.3, -0.25) is 4.68 Å². The molecule has 142 valence electrons. The Hall–Kier alpha value is -2.68. The number of aromatic nitrogens is 5. The van der Waals surface area contributed by atoms with Crippen molar-refractivity contribution in [3.8, 4) is 0 Å². The first kappa shape index (κ1) is 19.1. The maximum atomic E-state index is 14.1. The van der Waals surface area contributed by atoms with E-state index in [1.165, 1.54) is 34.0 Å². The molecule has 0 aliphatic rings. The normalized spacial score (nSPS) is 11.9. The Morgan fingerprint density at radius 3 is 2.56 bits per heavy atom. The van der Waals surface area contributed by atoms with Crippen molar-refractivity contribution in [2.24, 2.45) is 0 Å². The van der Waals surface area contributed by atoms with Crippen molar-refractivity contribution in [3.63, 3.8) is 0 Å². The van der Waals surface area contributed by atoms with E-state index in [4.69, 9.17) is 0 Å². The van der Waals surface area contributed by atoms with Gasteiger partial charge in [-0.1, -0.05) is 0 Å². The molecule has 4 rings (SSSR count). The summed E-state index contributed by atoms with van der Waals surface area (Å²) < 4.78 is 57.7. The Kier molecular flexibility index (Phi) is 4.81. The number of fused-ring (bicyclic) bond motifs is 3. The molecule has 5 nitrogen and oxygen atoms in total. The first-order valence-corrected chi connectivity index (χ1v) is 7.83. The van der Waals surface area contributed by atoms with Crippen LogP contribution in [0.5, 0.6) is 0 Å². The molecule has 1 aromatic carbocycles. The number of halogens is 5. The molecule has 3 heterocycles. The zero-order valence-corrected chi connectivity index (χ0v) is 14.9. The number of hydrogen-bond acceptors (Lipinski definition) is 3. The smallest absolute Gasteiger partial charge is 0.337 e. The van der Waals surface area contributed by atoms with Crippen molar-refractivity contribution < 1.29 is 17.6 Å². The molecular weight excluding hydrogens is 386 g/mol. The molecule has 4 aromatic rings. The van der Waals surface area contributed by atoms with Gasteiger partial charge in [0.2, 0.25) is 0 Å². The molecular formula is C17H14ClF4N5. The van der Waals surface area contributed by atoms with Crippen molar-refractivity contribution in [2.45, 2.75) is 26.2 Å². The van der Waals surface area contributed by atoms with E-state index in [0.717, 1.165) is 6.20 Å². The van der Waals surface area contributed by atoms with Crippen LogP contribution >= 0.6 is 12.4 Å². The van der Waals surface area contributed by atoms with Crippen molar-refractivity contribution in [3.05, 3.63) is 54.1 Å². The zero-order valence-electron chi connectivity index (χ0n) is 14.0. The van der Waals surface area contributed by atoms with E-state index in [0.29, 0.717) is 28.4 Å². The van der Waals surface area contributed by atoms with Gasteiger partial charge in [-0.2, -0.15) is 18.3 Å². The highest BCUT2D eigenvalue weighted by molar-refractivity contribution is 6.09. The molecule has 10 heteroatoms. The SMILES string of the molecule is Cc1cc2c(cc1F)c1ccnc(C(F)(F)F)c1n2CCn1cncn1.Cl. The van der Waals surface area contributed by atoms with Gasteiger partial charge in [-0.25, -0.2) is 14.4 Å². The topological polar surface area (TPSA) is 48.5 Å². The molecule has 3 aromatic heterocycles. The number of nitrogens with zero attached hydrogens (tertiary/aromatic N) is 5. The third-order valence-corrected chi connectivity index (χ3v) is 4.34. The minimum absolute atomic E-state index is 0. The van der Waals surface area contributed by atoms with Crippen LogP contribution in [0.4, 0.5) is 17.6 Å². The summed E-state index contributed by atoms with van der Waals surface area (Å²) in [5, 5.41) is 4.72. The lowest BCUT2D eigenvalue weighted by Gasteiger charge is -2.12. The van der Waals surface area contributed by atoms with Crippen LogP contribution in [-0.4, -0.2) is 24.3 Å². The second kappa shape index (κ2) is 6.80. The maximum Gasteiger partial charge on any atom is 0.435 e. The Morgan fingerprint density at radius 1 is 1.11 bits per heavy atom. The zero-order chi connectivity index (χ0) is 18.5. The highest BCUT2D eigenvalue weighted by Gasteiger charge is 2.36. The molecule has 0 bridgehead atoms. The molecule has 0 saturated heterocycles. The van der Waals surface area contributed by atoms with Crippen LogP contribution in [0.15, 0.2) is 37.1 Å². The summed E-state index contributed by atoms with van der Waals surface area (Å²) in [4.78, 5) is 7.38. The van der Waals surface area contributed by atoms with Crippen molar-refractivity contribution in [1.82, 2.24) is 24.3 Å². The lowest BCUT2D eigenvalue weighted by molar-refractivity contribution is -0.140. The van der Waals surface area contributed by atoms with E-state index in [1.807, 2.05) is 0 Å². The van der Waals surface area contributed by atoms with Crippen LogP contribution in [-0.2, 0) is 19.3 Å². The van der Waals surface area contributed by atoms with Gasteiger partial charge in [0, 0.05) is 29.0 Å². The summed E-state index contributed by atoms with van der Waals surface area (Å²) in [6.45, 7) is 2.11. The van der Waals surface area contributed by atoms with Crippen LogP contribution in [0, 0.1) is 12.7 Å². The Morgan fingerprint density at radius 2 is 1.89 bits per heavy atom. The fourth-order valence-electron chi connectivity index (χ4n) is 3.16. The molecule has 0 radical (unpaired) electrons. The van der Waals surface area contributed by atoms with Gasteiger partial charge in [0.25, 0.3) is 0 Å². The molecule has 0 N–H and O–H groups in total. The number of pyridine rings is 1. The molecule has 27 heavy (non-hydrogen) atoms. The van der Waals surface area contributed by atoms with Gasteiger partial charge in [0.15, 0.2) is 5.69 Å². The van der Waals surface area contributed by atoms with Crippen LogP contribution in [0.3, 0.4) is 0 Å². The van der Waals surface area contributed by atoms with E-state index in [1.54, 1.807) is 13.0 Å². The number of alkyl halides is 3. The third-order valence-electron chi connectivity index (χ3n) is 4.34. The highest BCUT2D eigenvalue weighted by Crippen LogP contribution is 2.38. The van der Waals surface area contributed by atoms with E-state index < -0.39 is 17.7 Å². The molecule has 0 aliphatic heterocycles. The summed E-state index contributed by atoms with van der Waals surface area (Å²) in [5.41, 5.74) is -0.149. The predicted octanol–water partition coefficient (Wildman–Crippen LogP) is 4.37. The third kappa shape index (κ3) is 3.23. The number of benzene rings is 1. The molecule has 0 saturated carbocycles. The van der Waals surface area contributed by atoms with Crippen LogP contribution in [0.25, 0.3) is 21.8 Å². The predicted molar refractivity (Wildman–Crippen MR) is 94.2 cm³/mol. The highest BCUT2D eigenvalue weighted by atomic mass is 35.5. The number of aryl methyl sites for hydroxylation is 3. The Labute approximate surface area is 157 Å². The Balaban J connectivity index is 0.00000210. The minimum atomic E-state index is -4.62. The summed E-state index contributed by atoms with van der Waals surface area (Å²) in [5.74, 6) is -0.460. The van der Waals surface area contributed by atoms with Crippen LogP contribution in [0.1, 0.15) is 11.3 Å². The summed E-state index contributed by atoms with van der Waals surface area (Å²) in [6, 6.07) is 4.32. The van der Waals surface area contributed by atoms with Gasteiger partial charge < -0.3 is 4.57 Å². The second-order valence-corrected chi connectivity index (χ2v) is 5.98. The molecule has 0 aliphatic carbocycles. The van der Waals surface area contributed by atoms with E-state index in [9.17, 15) is 17.6 Å². The standard InChI is InChI=1S/C17H13F4N5.ClH/c1-10-6-14-12(7-13(10)18)11-2-3-23-16(17(19,20)21)15(11)26(14)5-4-25-9-22-8-24-25;/h2-3,6-9H,4-5H2,1H3;1H.